The van der Waals surface area contributed by atoms with Gasteiger partial charge in [0.1, 0.15) is 5.75 Å². The number of guanidine groups is 1. The minimum absolute atomic E-state index is 0.0579. The van der Waals surface area contributed by atoms with Crippen LogP contribution in [0.3, 0.4) is 0 Å². The van der Waals surface area contributed by atoms with E-state index in [1.807, 2.05) is 18.2 Å². The van der Waals surface area contributed by atoms with E-state index in [4.69, 9.17) is 10.5 Å². The van der Waals surface area contributed by atoms with E-state index in [0.29, 0.717) is 25.0 Å². The second-order valence-electron chi connectivity index (χ2n) is 5.65. The molecule has 0 amide bonds. The van der Waals surface area contributed by atoms with Gasteiger partial charge in [-0.05, 0) is 26.8 Å². The molecule has 0 fully saturated rings. The smallest absolute Gasteiger partial charge is 0.189 e. The van der Waals surface area contributed by atoms with Gasteiger partial charge in [-0.25, -0.2) is 0 Å². The largest absolute Gasteiger partial charge is 0.493 e. The first-order valence-corrected chi connectivity index (χ1v) is 6.25. The molecule has 1 unspecified atom stereocenters. The monoisotopic (exact) mass is 247 g/mol. The second-order valence-corrected chi connectivity index (χ2v) is 5.65. The van der Waals surface area contributed by atoms with Crippen molar-refractivity contribution in [1.82, 2.24) is 5.32 Å². The second kappa shape index (κ2) is 4.88. The number of aliphatic imine (C=N–C) groups is 1. The highest BCUT2D eigenvalue weighted by molar-refractivity contribution is 5.78. The Morgan fingerprint density at radius 2 is 2.17 bits per heavy atom. The van der Waals surface area contributed by atoms with Crippen LogP contribution in [-0.4, -0.2) is 24.7 Å². The topological polar surface area (TPSA) is 59.6 Å². The fourth-order valence-corrected chi connectivity index (χ4v) is 2.01. The van der Waals surface area contributed by atoms with Gasteiger partial charge in [0.05, 0.1) is 13.2 Å². The van der Waals surface area contributed by atoms with Gasteiger partial charge in [0.2, 0.25) is 0 Å². The Kier molecular flexibility index (Phi) is 3.45. The Morgan fingerprint density at radius 1 is 1.44 bits per heavy atom. The van der Waals surface area contributed by atoms with E-state index in [0.717, 1.165) is 5.75 Å². The number of hydrogen-bond acceptors (Lipinski definition) is 2. The molecule has 4 heteroatoms. The summed E-state index contributed by atoms with van der Waals surface area (Å²) in [6, 6.07) is 8.10. The molecule has 1 heterocycles. The molecule has 0 aliphatic carbocycles. The van der Waals surface area contributed by atoms with E-state index >= 15 is 0 Å². The Hall–Kier alpha value is -1.71. The molecule has 3 N–H and O–H groups in total. The van der Waals surface area contributed by atoms with Gasteiger partial charge in [-0.1, -0.05) is 18.2 Å². The van der Waals surface area contributed by atoms with Crippen molar-refractivity contribution in [2.75, 3.05) is 13.2 Å². The SMILES string of the molecule is CC(C)(C)NC(N)=NCC1COc2ccccc21. The molecule has 1 atom stereocenters. The molecule has 0 saturated carbocycles. The molecule has 1 aliphatic heterocycles. The van der Waals surface area contributed by atoms with Crippen LogP contribution >= 0.6 is 0 Å². The highest BCUT2D eigenvalue weighted by atomic mass is 16.5. The van der Waals surface area contributed by atoms with Crippen molar-refractivity contribution >= 4 is 5.96 Å². The lowest BCUT2D eigenvalue weighted by atomic mass is 10.0. The predicted octanol–water partition coefficient (Wildman–Crippen LogP) is 1.87. The van der Waals surface area contributed by atoms with Crippen LogP contribution in [0.2, 0.25) is 0 Å². The number of benzene rings is 1. The van der Waals surface area contributed by atoms with Gasteiger partial charge in [-0.15, -0.1) is 0 Å². The third-order valence-corrected chi connectivity index (χ3v) is 2.78. The van der Waals surface area contributed by atoms with E-state index in [9.17, 15) is 0 Å². The number of fused-ring (bicyclic) bond motifs is 1. The maximum Gasteiger partial charge on any atom is 0.189 e. The summed E-state index contributed by atoms with van der Waals surface area (Å²) in [6.07, 6.45) is 0. The van der Waals surface area contributed by atoms with E-state index in [1.165, 1.54) is 5.56 Å². The lowest BCUT2D eigenvalue weighted by molar-refractivity contribution is 0.333. The van der Waals surface area contributed by atoms with Crippen LogP contribution in [0, 0.1) is 0 Å². The average molecular weight is 247 g/mol. The van der Waals surface area contributed by atoms with Crippen molar-refractivity contribution in [3.63, 3.8) is 0 Å². The number of para-hydroxylation sites is 1. The summed E-state index contributed by atoms with van der Waals surface area (Å²) in [5.41, 5.74) is 7.02. The zero-order valence-corrected chi connectivity index (χ0v) is 11.2. The molecular formula is C14H21N3O. The van der Waals surface area contributed by atoms with Crippen molar-refractivity contribution in [3.05, 3.63) is 29.8 Å². The van der Waals surface area contributed by atoms with Gasteiger partial charge >= 0.3 is 0 Å². The summed E-state index contributed by atoms with van der Waals surface area (Å²) >= 11 is 0. The van der Waals surface area contributed by atoms with Crippen LogP contribution in [0.5, 0.6) is 5.75 Å². The third-order valence-electron chi connectivity index (χ3n) is 2.78. The third kappa shape index (κ3) is 3.15. The summed E-state index contributed by atoms with van der Waals surface area (Å²) in [5, 5.41) is 3.15. The molecule has 0 radical (unpaired) electrons. The first-order valence-electron chi connectivity index (χ1n) is 6.25. The number of nitrogens with two attached hydrogens (primary N) is 1. The highest BCUT2D eigenvalue weighted by Gasteiger charge is 2.23. The van der Waals surface area contributed by atoms with E-state index in [-0.39, 0.29) is 5.54 Å². The van der Waals surface area contributed by atoms with Crippen LogP contribution < -0.4 is 15.8 Å². The molecule has 1 aliphatic rings. The number of hydrogen-bond donors (Lipinski definition) is 2. The van der Waals surface area contributed by atoms with Crippen molar-refractivity contribution in [2.24, 2.45) is 10.7 Å². The minimum Gasteiger partial charge on any atom is -0.493 e. The molecule has 2 rings (SSSR count). The van der Waals surface area contributed by atoms with Gasteiger partial charge in [0, 0.05) is 17.0 Å². The molecular weight excluding hydrogens is 226 g/mol. The lowest BCUT2D eigenvalue weighted by Gasteiger charge is -2.21. The van der Waals surface area contributed by atoms with E-state index < -0.39 is 0 Å². The first kappa shape index (κ1) is 12.7. The Labute approximate surface area is 108 Å². The van der Waals surface area contributed by atoms with Crippen molar-refractivity contribution in [3.8, 4) is 5.75 Å². The predicted molar refractivity (Wildman–Crippen MR) is 74.1 cm³/mol. The molecule has 1 aromatic carbocycles. The molecule has 0 spiro atoms. The maximum atomic E-state index is 5.86. The highest BCUT2D eigenvalue weighted by Crippen LogP contribution is 2.33. The fraction of sp³-hybridized carbons (Fsp3) is 0.500. The molecule has 0 bridgehead atoms. The van der Waals surface area contributed by atoms with Gasteiger partial charge in [-0.2, -0.15) is 0 Å². The van der Waals surface area contributed by atoms with Crippen LogP contribution in [0.1, 0.15) is 32.3 Å². The van der Waals surface area contributed by atoms with E-state index in [1.54, 1.807) is 0 Å². The minimum atomic E-state index is -0.0579. The summed E-state index contributed by atoms with van der Waals surface area (Å²) in [5.74, 6) is 1.77. The van der Waals surface area contributed by atoms with Gasteiger partial charge in [0.25, 0.3) is 0 Å². The van der Waals surface area contributed by atoms with Crippen LogP contribution in [0.15, 0.2) is 29.3 Å². The molecule has 18 heavy (non-hydrogen) atoms. The fourth-order valence-electron chi connectivity index (χ4n) is 2.01. The zero-order valence-electron chi connectivity index (χ0n) is 11.2. The lowest BCUT2D eigenvalue weighted by Crippen LogP contribution is -2.45. The quantitative estimate of drug-likeness (QED) is 0.619. The Balaban J connectivity index is 1.98. The molecule has 98 valence electrons. The standard InChI is InChI=1S/C14H21N3O/c1-14(2,3)17-13(15)16-8-10-9-18-12-7-5-4-6-11(10)12/h4-7,10H,8-9H2,1-3H3,(H3,15,16,17). The van der Waals surface area contributed by atoms with Crippen LogP contribution in [-0.2, 0) is 0 Å². The summed E-state index contributed by atoms with van der Waals surface area (Å²) in [4.78, 5) is 4.39. The molecule has 0 aromatic heterocycles. The maximum absolute atomic E-state index is 5.86. The molecule has 0 saturated heterocycles. The van der Waals surface area contributed by atoms with Crippen LogP contribution in [0.4, 0.5) is 0 Å². The number of nitrogens with one attached hydrogen (secondary N) is 1. The number of nitrogens with zero attached hydrogens (tertiary/aromatic N) is 1. The van der Waals surface area contributed by atoms with Crippen molar-refractivity contribution in [1.29, 1.82) is 0 Å². The summed E-state index contributed by atoms with van der Waals surface area (Å²) in [6.45, 7) is 7.52. The molecule has 1 aromatic rings. The van der Waals surface area contributed by atoms with Crippen molar-refractivity contribution < 1.29 is 4.74 Å². The van der Waals surface area contributed by atoms with Crippen LogP contribution in [0.25, 0.3) is 0 Å². The summed E-state index contributed by atoms with van der Waals surface area (Å²) < 4.78 is 5.61. The average Bonchev–Trinajstić information content (AvgIpc) is 2.67. The van der Waals surface area contributed by atoms with Gasteiger partial charge < -0.3 is 15.8 Å². The Morgan fingerprint density at radius 3 is 2.89 bits per heavy atom. The number of ether oxygens (including phenoxy) is 1. The van der Waals surface area contributed by atoms with Gasteiger partial charge in [-0.3, -0.25) is 4.99 Å². The van der Waals surface area contributed by atoms with E-state index in [2.05, 4.69) is 37.1 Å². The molecule has 4 nitrogen and oxygen atoms in total. The first-order chi connectivity index (χ1) is 8.46. The summed E-state index contributed by atoms with van der Waals surface area (Å²) in [7, 11) is 0. The van der Waals surface area contributed by atoms with Gasteiger partial charge in [0.15, 0.2) is 5.96 Å². The number of rotatable bonds is 2. The Bertz CT molecular complexity index is 449. The van der Waals surface area contributed by atoms with Crippen molar-refractivity contribution in [2.45, 2.75) is 32.2 Å². The zero-order chi connectivity index (χ0) is 13.2. The normalized spacial score (nSPS) is 19.3.